The van der Waals surface area contributed by atoms with Crippen LogP contribution < -0.4 is 10.7 Å². The van der Waals surface area contributed by atoms with Gasteiger partial charge in [-0.05, 0) is 38.1 Å². The van der Waals surface area contributed by atoms with Crippen LogP contribution in [0.1, 0.15) is 35.2 Å². The van der Waals surface area contributed by atoms with Gasteiger partial charge in [0.05, 0.1) is 5.39 Å². The molecule has 0 radical (unpaired) electrons. The van der Waals surface area contributed by atoms with Crippen LogP contribution in [-0.4, -0.2) is 36.1 Å². The second kappa shape index (κ2) is 8.09. The van der Waals surface area contributed by atoms with Gasteiger partial charge in [0.25, 0.3) is 5.91 Å². The number of fused-ring (bicyclic) bond motifs is 1. The molecule has 3 aromatic rings. The molecule has 1 saturated heterocycles. The molecule has 0 saturated carbocycles. The number of piperidine rings is 1. The number of phenols is 1. The molecule has 1 amide bonds. The molecule has 6 nitrogen and oxygen atoms in total. The number of carbonyl (C=O) groups is 1. The lowest BCUT2D eigenvalue weighted by Crippen LogP contribution is -2.30. The van der Waals surface area contributed by atoms with Crippen LogP contribution in [0, 0.1) is 0 Å². The van der Waals surface area contributed by atoms with Crippen molar-refractivity contribution in [1.82, 2.24) is 10.2 Å². The Morgan fingerprint density at radius 3 is 2.52 bits per heavy atom. The maximum Gasteiger partial charge on any atom is 0.258 e. The molecule has 0 spiro atoms. The Labute approximate surface area is 168 Å². The number of likely N-dealkylation sites (tertiary alicyclic amines) is 1. The zero-order chi connectivity index (χ0) is 20.4. The van der Waals surface area contributed by atoms with Crippen molar-refractivity contribution < 1.29 is 14.3 Å². The normalized spacial score (nSPS) is 14.8. The molecule has 1 aromatic heterocycles. The van der Waals surface area contributed by atoms with Gasteiger partial charge in [0.1, 0.15) is 16.9 Å². The molecule has 29 heavy (non-hydrogen) atoms. The standard InChI is InChI=1S/C23H24N2O4/c1-24-23(28)20-21(27)19-16(14-25-12-6-3-7-13-25)17(26)10-11-18(19)29-22(20)15-8-4-2-5-9-15/h2,4-5,8-11,26H,3,6-7,12-14H2,1H3,(H,24,28). The molecule has 2 heterocycles. The van der Waals surface area contributed by atoms with Gasteiger partial charge in [-0.3, -0.25) is 14.5 Å². The largest absolute Gasteiger partial charge is 0.508 e. The van der Waals surface area contributed by atoms with Crippen molar-refractivity contribution in [1.29, 1.82) is 0 Å². The number of benzene rings is 2. The maximum absolute atomic E-state index is 13.5. The van der Waals surface area contributed by atoms with Crippen molar-refractivity contribution in [3.8, 4) is 17.1 Å². The van der Waals surface area contributed by atoms with Crippen molar-refractivity contribution in [2.75, 3.05) is 20.1 Å². The average Bonchev–Trinajstić information content (AvgIpc) is 2.76. The SMILES string of the molecule is CNC(=O)c1c(-c2ccccc2)oc2ccc(O)c(CN3CCCCC3)c2c1=O. The zero-order valence-electron chi connectivity index (χ0n) is 16.4. The van der Waals surface area contributed by atoms with Crippen LogP contribution in [0.3, 0.4) is 0 Å². The Morgan fingerprint density at radius 1 is 1.10 bits per heavy atom. The molecular formula is C23H24N2O4. The molecular weight excluding hydrogens is 368 g/mol. The molecule has 0 atom stereocenters. The molecule has 0 unspecified atom stereocenters. The van der Waals surface area contributed by atoms with E-state index in [9.17, 15) is 14.7 Å². The van der Waals surface area contributed by atoms with Gasteiger partial charge in [0, 0.05) is 24.7 Å². The Kier molecular flexibility index (Phi) is 5.36. The van der Waals surface area contributed by atoms with Gasteiger partial charge in [-0.1, -0.05) is 36.8 Å². The Bertz CT molecular complexity index is 1100. The lowest BCUT2D eigenvalue weighted by atomic mass is 10.00. The third-order valence-corrected chi connectivity index (χ3v) is 5.46. The number of nitrogens with one attached hydrogen (secondary N) is 1. The summed E-state index contributed by atoms with van der Waals surface area (Å²) < 4.78 is 6.08. The quantitative estimate of drug-likeness (QED) is 0.710. The summed E-state index contributed by atoms with van der Waals surface area (Å²) in [6, 6.07) is 12.2. The van der Waals surface area contributed by atoms with E-state index in [1.165, 1.54) is 13.5 Å². The van der Waals surface area contributed by atoms with Crippen molar-refractivity contribution in [2.24, 2.45) is 0 Å². The number of hydrogen-bond acceptors (Lipinski definition) is 5. The van der Waals surface area contributed by atoms with Crippen LogP contribution in [0.25, 0.3) is 22.3 Å². The molecule has 0 aliphatic carbocycles. The highest BCUT2D eigenvalue weighted by Crippen LogP contribution is 2.32. The molecule has 2 aromatic carbocycles. The highest BCUT2D eigenvalue weighted by molar-refractivity contribution is 6.02. The average molecular weight is 392 g/mol. The summed E-state index contributed by atoms with van der Waals surface area (Å²) in [5.74, 6) is -0.227. The molecule has 1 aliphatic heterocycles. The predicted octanol–water partition coefficient (Wildman–Crippen LogP) is 3.51. The fraction of sp³-hybridized carbons (Fsp3) is 0.304. The van der Waals surface area contributed by atoms with E-state index in [0.29, 0.717) is 23.3 Å². The Hall–Kier alpha value is -3.12. The first kappa shape index (κ1) is 19.2. The number of phenolic OH excluding ortho intramolecular Hbond substituents is 1. The summed E-state index contributed by atoms with van der Waals surface area (Å²) in [4.78, 5) is 28.3. The van der Waals surface area contributed by atoms with Gasteiger partial charge < -0.3 is 14.8 Å². The fourth-order valence-corrected chi connectivity index (χ4v) is 3.96. The highest BCUT2D eigenvalue weighted by Gasteiger charge is 2.25. The summed E-state index contributed by atoms with van der Waals surface area (Å²) in [6.07, 6.45) is 3.39. The number of rotatable bonds is 4. The summed E-state index contributed by atoms with van der Waals surface area (Å²) in [5, 5.41) is 13.3. The molecule has 150 valence electrons. The third kappa shape index (κ3) is 3.63. The van der Waals surface area contributed by atoms with E-state index in [2.05, 4.69) is 10.2 Å². The molecule has 2 N–H and O–H groups in total. The first-order valence-corrected chi connectivity index (χ1v) is 9.91. The van der Waals surface area contributed by atoms with Crippen molar-refractivity contribution in [2.45, 2.75) is 25.8 Å². The highest BCUT2D eigenvalue weighted by atomic mass is 16.3. The lowest BCUT2D eigenvalue weighted by Gasteiger charge is -2.27. The second-order valence-electron chi connectivity index (χ2n) is 7.35. The van der Waals surface area contributed by atoms with Crippen molar-refractivity contribution >= 4 is 16.9 Å². The third-order valence-electron chi connectivity index (χ3n) is 5.46. The number of amides is 1. The van der Waals surface area contributed by atoms with Crippen LogP contribution in [0.15, 0.2) is 51.7 Å². The molecule has 1 aliphatic rings. The Balaban J connectivity index is 1.95. The van der Waals surface area contributed by atoms with Gasteiger partial charge in [0.15, 0.2) is 5.76 Å². The monoisotopic (exact) mass is 392 g/mol. The van der Waals surface area contributed by atoms with Crippen LogP contribution in [0.5, 0.6) is 5.75 Å². The summed E-state index contributed by atoms with van der Waals surface area (Å²) in [5.41, 5.74) is 1.06. The fourth-order valence-electron chi connectivity index (χ4n) is 3.96. The van der Waals surface area contributed by atoms with E-state index < -0.39 is 11.3 Å². The number of nitrogens with zero attached hydrogens (tertiary/aromatic N) is 1. The molecule has 6 heteroatoms. The van der Waals surface area contributed by atoms with Crippen LogP contribution >= 0.6 is 0 Å². The zero-order valence-corrected chi connectivity index (χ0v) is 16.4. The molecule has 1 fully saturated rings. The van der Waals surface area contributed by atoms with Gasteiger partial charge >= 0.3 is 0 Å². The van der Waals surface area contributed by atoms with E-state index in [0.717, 1.165) is 25.9 Å². The van der Waals surface area contributed by atoms with Crippen LogP contribution in [-0.2, 0) is 6.54 Å². The van der Waals surface area contributed by atoms with E-state index in [1.54, 1.807) is 24.3 Å². The molecule has 0 bridgehead atoms. The Morgan fingerprint density at radius 2 is 1.83 bits per heavy atom. The second-order valence-corrected chi connectivity index (χ2v) is 7.35. The van der Waals surface area contributed by atoms with Crippen molar-refractivity contribution in [3.63, 3.8) is 0 Å². The lowest BCUT2D eigenvalue weighted by molar-refractivity contribution is 0.0961. The molecule has 4 rings (SSSR count). The number of carbonyl (C=O) groups excluding carboxylic acids is 1. The minimum absolute atomic E-state index is 0.0447. The predicted molar refractivity (Wildman–Crippen MR) is 112 cm³/mol. The smallest absolute Gasteiger partial charge is 0.258 e. The van der Waals surface area contributed by atoms with Gasteiger partial charge in [0.2, 0.25) is 5.43 Å². The van der Waals surface area contributed by atoms with E-state index >= 15 is 0 Å². The van der Waals surface area contributed by atoms with E-state index in [-0.39, 0.29) is 22.5 Å². The first-order valence-electron chi connectivity index (χ1n) is 9.91. The first-order chi connectivity index (χ1) is 14.1. The summed E-state index contributed by atoms with van der Waals surface area (Å²) in [7, 11) is 1.48. The number of aromatic hydroxyl groups is 1. The van der Waals surface area contributed by atoms with Gasteiger partial charge in [-0.15, -0.1) is 0 Å². The van der Waals surface area contributed by atoms with Gasteiger partial charge in [-0.25, -0.2) is 0 Å². The van der Waals surface area contributed by atoms with Crippen LogP contribution in [0.2, 0.25) is 0 Å². The van der Waals surface area contributed by atoms with E-state index in [4.69, 9.17) is 4.42 Å². The van der Waals surface area contributed by atoms with E-state index in [1.807, 2.05) is 18.2 Å². The number of hydrogen-bond donors (Lipinski definition) is 2. The minimum atomic E-state index is -0.508. The maximum atomic E-state index is 13.5. The summed E-state index contributed by atoms with van der Waals surface area (Å²) >= 11 is 0. The summed E-state index contributed by atoms with van der Waals surface area (Å²) in [6.45, 7) is 2.29. The van der Waals surface area contributed by atoms with Crippen molar-refractivity contribution in [3.05, 3.63) is 63.8 Å². The van der Waals surface area contributed by atoms with Crippen LogP contribution in [0.4, 0.5) is 0 Å². The van der Waals surface area contributed by atoms with Gasteiger partial charge in [-0.2, -0.15) is 0 Å². The minimum Gasteiger partial charge on any atom is -0.508 e. The topological polar surface area (TPSA) is 82.8 Å².